The summed E-state index contributed by atoms with van der Waals surface area (Å²) in [7, 11) is -4.32. The average molecular weight is 649 g/mol. The molecular weight excluding hydrogens is 610 g/mol. The highest BCUT2D eigenvalue weighted by Crippen LogP contribution is 2.69. The number of anilines is 1. The van der Waals surface area contributed by atoms with E-state index >= 15 is 4.39 Å². The standard InChI is InChI=1S/C29H38FN6O8P/c1-4-40-23-21-22(33-26(31)34-23)36(17-32-21)25-27(3,30)29(38)15-28(29,43-25)16-41-45(39,44-20-13-9-6-10-14-20)35-18(2)24(37)42-19-11-7-5-8-12-19/h6,9-10,13-14,17-19,25,38H,4-5,7-8,11-12,15-16H2,1-3H3,(H,35,39)(H2,31,33,34)/t18?,25-,27+,28-,29+,45-/m1/s1. The minimum Gasteiger partial charge on any atom is -0.476 e. The summed E-state index contributed by atoms with van der Waals surface area (Å²) < 4.78 is 60.9. The zero-order valence-corrected chi connectivity index (χ0v) is 26.2. The number of rotatable bonds is 12. The van der Waals surface area contributed by atoms with Gasteiger partial charge in [0, 0.05) is 6.42 Å². The molecule has 0 radical (unpaired) electrons. The van der Waals surface area contributed by atoms with E-state index in [1.165, 1.54) is 24.7 Å². The molecule has 1 saturated heterocycles. The number of fused-ring (bicyclic) bond motifs is 2. The van der Waals surface area contributed by atoms with E-state index in [1.807, 2.05) is 0 Å². The van der Waals surface area contributed by atoms with Crippen molar-refractivity contribution in [1.29, 1.82) is 0 Å². The largest absolute Gasteiger partial charge is 0.476 e. The minimum absolute atomic E-state index is 0.116. The second-order valence-electron chi connectivity index (χ2n) is 11.9. The number of nitrogens with zero attached hydrogens (tertiary/aromatic N) is 4. The van der Waals surface area contributed by atoms with Crippen LogP contribution in [0.4, 0.5) is 10.3 Å². The molecule has 4 N–H and O–H groups in total. The topological polar surface area (TPSA) is 182 Å². The third-order valence-corrected chi connectivity index (χ3v) is 10.3. The first-order chi connectivity index (χ1) is 21.4. The molecule has 3 heterocycles. The van der Waals surface area contributed by atoms with Gasteiger partial charge in [0.15, 0.2) is 23.1 Å². The van der Waals surface area contributed by atoms with Crippen molar-refractivity contribution in [3.63, 3.8) is 0 Å². The summed E-state index contributed by atoms with van der Waals surface area (Å²) in [5.74, 6) is -0.385. The van der Waals surface area contributed by atoms with Crippen molar-refractivity contribution in [3.05, 3.63) is 36.7 Å². The Kier molecular flexibility index (Phi) is 8.27. The van der Waals surface area contributed by atoms with E-state index in [4.69, 9.17) is 29.0 Å². The number of imidazole rings is 1. The van der Waals surface area contributed by atoms with Crippen molar-refractivity contribution in [3.8, 4) is 11.6 Å². The third kappa shape index (κ3) is 5.76. The normalized spacial score (nSPS) is 29.9. The van der Waals surface area contributed by atoms with Gasteiger partial charge in [0.05, 0.1) is 19.5 Å². The van der Waals surface area contributed by atoms with Gasteiger partial charge in [-0.1, -0.05) is 24.6 Å². The molecule has 2 aliphatic carbocycles. The number of nitrogen functional groups attached to an aromatic ring is 1. The number of hydrogen-bond donors (Lipinski definition) is 3. The van der Waals surface area contributed by atoms with Crippen LogP contribution >= 0.6 is 7.75 Å². The Morgan fingerprint density at radius 3 is 2.71 bits per heavy atom. The summed E-state index contributed by atoms with van der Waals surface area (Å²) >= 11 is 0. The van der Waals surface area contributed by atoms with Crippen LogP contribution in [0.1, 0.15) is 65.5 Å². The number of nitrogens with one attached hydrogen (secondary N) is 1. The lowest BCUT2D eigenvalue weighted by molar-refractivity contribution is -0.152. The van der Waals surface area contributed by atoms with Gasteiger partial charge in [0.1, 0.15) is 29.1 Å². The van der Waals surface area contributed by atoms with Gasteiger partial charge in [-0.05, 0) is 58.6 Å². The van der Waals surface area contributed by atoms with E-state index in [9.17, 15) is 14.5 Å². The molecule has 0 amide bonds. The summed E-state index contributed by atoms with van der Waals surface area (Å²) in [5, 5.41) is 14.2. The molecule has 6 atom stereocenters. The predicted molar refractivity (Wildman–Crippen MR) is 159 cm³/mol. The van der Waals surface area contributed by atoms with E-state index in [-0.39, 0.29) is 47.9 Å². The Balaban J connectivity index is 1.23. The highest BCUT2D eigenvalue weighted by molar-refractivity contribution is 7.52. The monoisotopic (exact) mass is 648 g/mol. The van der Waals surface area contributed by atoms with Crippen LogP contribution in [-0.4, -0.2) is 72.8 Å². The molecular formula is C29H38FN6O8P. The Hall–Kier alpha value is -3.36. The molecule has 3 aromatic rings. The minimum atomic E-state index is -4.32. The Morgan fingerprint density at radius 1 is 1.27 bits per heavy atom. The summed E-state index contributed by atoms with van der Waals surface area (Å²) in [4.78, 5) is 25.5. The number of para-hydroxylation sites is 1. The maximum absolute atomic E-state index is 16.5. The van der Waals surface area contributed by atoms with Crippen molar-refractivity contribution >= 4 is 30.8 Å². The highest BCUT2D eigenvalue weighted by atomic mass is 31.2. The molecule has 2 aromatic heterocycles. The van der Waals surface area contributed by atoms with Gasteiger partial charge < -0.3 is 29.6 Å². The first kappa shape index (κ1) is 31.6. The fourth-order valence-corrected chi connectivity index (χ4v) is 7.67. The van der Waals surface area contributed by atoms with E-state index < -0.39 is 49.5 Å². The van der Waals surface area contributed by atoms with Crippen LogP contribution in [0.3, 0.4) is 0 Å². The Labute approximate surface area is 259 Å². The molecule has 45 heavy (non-hydrogen) atoms. The number of hydrogen-bond acceptors (Lipinski definition) is 12. The molecule has 14 nitrogen and oxygen atoms in total. The van der Waals surface area contributed by atoms with Gasteiger partial charge >= 0.3 is 13.7 Å². The maximum atomic E-state index is 16.5. The molecule has 1 aromatic carbocycles. The van der Waals surface area contributed by atoms with Gasteiger partial charge in [0.2, 0.25) is 11.8 Å². The maximum Gasteiger partial charge on any atom is 0.459 e. The number of aromatic nitrogens is 4. The van der Waals surface area contributed by atoms with Gasteiger partial charge in [0.25, 0.3) is 0 Å². The van der Waals surface area contributed by atoms with Crippen molar-refractivity contribution in [2.24, 2.45) is 0 Å². The second-order valence-corrected chi connectivity index (χ2v) is 13.6. The number of aliphatic hydroxyl groups is 1. The van der Waals surface area contributed by atoms with Crippen LogP contribution in [0.2, 0.25) is 0 Å². The zero-order valence-electron chi connectivity index (χ0n) is 25.3. The lowest BCUT2D eigenvalue weighted by Gasteiger charge is -2.28. The first-order valence-electron chi connectivity index (χ1n) is 15.1. The second kappa shape index (κ2) is 11.8. The fourth-order valence-electron chi connectivity index (χ4n) is 6.13. The number of ether oxygens (including phenoxy) is 3. The van der Waals surface area contributed by atoms with Crippen molar-refractivity contribution in [1.82, 2.24) is 24.6 Å². The molecule has 6 rings (SSSR count). The third-order valence-electron chi connectivity index (χ3n) is 8.70. The zero-order chi connectivity index (χ0) is 32.0. The van der Waals surface area contributed by atoms with Gasteiger partial charge in [-0.15, -0.1) is 0 Å². The molecule has 244 valence electrons. The molecule has 3 aliphatic rings. The first-order valence-corrected chi connectivity index (χ1v) is 16.6. The quantitative estimate of drug-likeness (QED) is 0.190. The van der Waals surface area contributed by atoms with Crippen molar-refractivity contribution < 1.29 is 42.1 Å². The lowest BCUT2D eigenvalue weighted by Crippen LogP contribution is -2.43. The molecule has 16 heteroatoms. The summed E-state index contributed by atoms with van der Waals surface area (Å²) in [5.41, 5.74) is 0.258. The van der Waals surface area contributed by atoms with E-state index in [1.54, 1.807) is 37.3 Å². The number of carbonyl (C=O) groups excluding carboxylic acids is 1. The average Bonchev–Trinajstić information content (AvgIpc) is 3.32. The van der Waals surface area contributed by atoms with Crippen LogP contribution in [0.15, 0.2) is 36.7 Å². The molecule has 1 unspecified atom stereocenters. The van der Waals surface area contributed by atoms with Crippen LogP contribution in [0.5, 0.6) is 11.6 Å². The number of alkyl halides is 1. The number of halogens is 1. The predicted octanol–water partition coefficient (Wildman–Crippen LogP) is 4.00. The molecule has 2 saturated carbocycles. The van der Waals surface area contributed by atoms with Crippen LogP contribution in [0.25, 0.3) is 11.2 Å². The van der Waals surface area contributed by atoms with Gasteiger partial charge in [-0.25, -0.2) is 13.9 Å². The number of carbonyl (C=O) groups is 1. The van der Waals surface area contributed by atoms with Crippen molar-refractivity contribution in [2.45, 2.75) is 94.5 Å². The van der Waals surface area contributed by atoms with Gasteiger partial charge in [-0.2, -0.15) is 15.1 Å². The number of nitrogens with two attached hydrogens (primary N) is 1. The smallest absolute Gasteiger partial charge is 0.459 e. The summed E-state index contributed by atoms with van der Waals surface area (Å²) in [6.07, 6.45) is 4.11. The van der Waals surface area contributed by atoms with E-state index in [0.29, 0.717) is 0 Å². The van der Waals surface area contributed by atoms with E-state index in [0.717, 1.165) is 32.1 Å². The summed E-state index contributed by atoms with van der Waals surface area (Å²) in [6.45, 7) is 4.22. The fraction of sp³-hybridized carbons (Fsp3) is 0.586. The van der Waals surface area contributed by atoms with E-state index in [2.05, 4.69) is 20.0 Å². The molecule has 0 spiro atoms. The number of benzene rings is 1. The van der Waals surface area contributed by atoms with Crippen LogP contribution < -0.4 is 20.1 Å². The van der Waals surface area contributed by atoms with Crippen LogP contribution in [0, 0.1) is 0 Å². The van der Waals surface area contributed by atoms with Crippen LogP contribution in [-0.2, 0) is 23.4 Å². The van der Waals surface area contributed by atoms with Gasteiger partial charge in [-0.3, -0.25) is 13.9 Å². The highest BCUT2D eigenvalue weighted by Gasteiger charge is 2.85. The Bertz CT molecular complexity index is 1600. The van der Waals surface area contributed by atoms with Crippen molar-refractivity contribution in [2.75, 3.05) is 18.9 Å². The summed E-state index contributed by atoms with van der Waals surface area (Å²) in [6, 6.07) is 7.19. The molecule has 0 bridgehead atoms. The number of esters is 1. The Morgan fingerprint density at radius 2 is 2.00 bits per heavy atom. The molecule has 3 fully saturated rings. The lowest BCUT2D eigenvalue weighted by atomic mass is 9.96. The molecule has 1 aliphatic heterocycles. The SMILES string of the molecule is CCOc1nc(N)nc2c1ncn2[C@@H]1O[C@@]2(CO[P@](=O)(NC(C)C(=O)OC3CCCCC3)Oc3ccccc3)C[C@]2(O)[C@@]1(C)F.